The van der Waals surface area contributed by atoms with E-state index in [-0.39, 0.29) is 6.04 Å². The van der Waals surface area contributed by atoms with E-state index in [2.05, 4.69) is 25.5 Å². The number of hydrogen-bond acceptors (Lipinski definition) is 3. The Hall–Kier alpha value is -1.62. The molecule has 2 heterocycles. The highest BCUT2D eigenvalue weighted by Crippen LogP contribution is 2.13. The summed E-state index contributed by atoms with van der Waals surface area (Å²) in [4.78, 5) is 7.27. The van der Waals surface area contributed by atoms with Gasteiger partial charge in [0.1, 0.15) is 5.82 Å². The van der Waals surface area contributed by atoms with Gasteiger partial charge in [-0.1, -0.05) is 0 Å². The summed E-state index contributed by atoms with van der Waals surface area (Å²) in [5.41, 5.74) is 1.14. The Bertz CT molecular complexity index is 350. The van der Waals surface area contributed by atoms with E-state index in [0.717, 1.165) is 17.8 Å². The average molecular weight is 191 g/mol. The van der Waals surface area contributed by atoms with Crippen LogP contribution in [-0.2, 0) is 6.42 Å². The van der Waals surface area contributed by atoms with Gasteiger partial charge in [0.05, 0.1) is 6.20 Å². The van der Waals surface area contributed by atoms with Crippen molar-refractivity contribution < 1.29 is 0 Å². The largest absolute Gasteiger partial charge is 0.349 e. The van der Waals surface area contributed by atoms with Gasteiger partial charge >= 0.3 is 0 Å². The number of hydrogen-bond donors (Lipinski definition) is 3. The van der Waals surface area contributed by atoms with Gasteiger partial charge in [0, 0.05) is 36.6 Å². The highest BCUT2D eigenvalue weighted by Gasteiger charge is 2.11. The molecule has 0 fully saturated rings. The molecule has 2 aromatic rings. The normalized spacial score (nSPS) is 12.9. The Morgan fingerprint density at radius 3 is 3.07 bits per heavy atom. The number of rotatable bonds is 4. The molecule has 0 aliphatic carbocycles. The molecule has 74 valence electrons. The molecule has 0 amide bonds. The van der Waals surface area contributed by atoms with Gasteiger partial charge in [-0.15, -0.1) is 0 Å². The second-order valence-electron chi connectivity index (χ2n) is 3.11. The molecule has 0 aliphatic rings. The summed E-state index contributed by atoms with van der Waals surface area (Å²) in [7, 11) is 1.93. The molecule has 0 bridgehead atoms. The number of nitrogens with one attached hydrogen (secondary N) is 3. The van der Waals surface area contributed by atoms with Crippen molar-refractivity contribution in [2.75, 3.05) is 7.05 Å². The van der Waals surface area contributed by atoms with Crippen LogP contribution in [0.25, 0.3) is 0 Å². The molecular weight excluding hydrogens is 178 g/mol. The number of likely N-dealkylation sites (N-methyl/N-ethyl adjacent to an activating group) is 1. The van der Waals surface area contributed by atoms with Gasteiger partial charge in [-0.3, -0.25) is 5.10 Å². The third-order valence-electron chi connectivity index (χ3n) is 2.22. The minimum atomic E-state index is 0.250. The van der Waals surface area contributed by atoms with Crippen LogP contribution >= 0.6 is 0 Å². The third kappa shape index (κ3) is 1.82. The van der Waals surface area contributed by atoms with Crippen LogP contribution in [0.4, 0.5) is 0 Å². The average Bonchev–Trinajstić information content (AvgIpc) is 2.86. The number of aromatic amines is 2. The van der Waals surface area contributed by atoms with Crippen LogP contribution in [0.15, 0.2) is 24.8 Å². The van der Waals surface area contributed by atoms with E-state index in [0.29, 0.717) is 0 Å². The van der Waals surface area contributed by atoms with E-state index >= 15 is 0 Å². The number of H-pyrrole nitrogens is 2. The van der Waals surface area contributed by atoms with E-state index in [1.807, 2.05) is 25.6 Å². The first-order valence-corrected chi connectivity index (χ1v) is 4.54. The summed E-state index contributed by atoms with van der Waals surface area (Å²) >= 11 is 0. The van der Waals surface area contributed by atoms with Crippen LogP contribution in [0.5, 0.6) is 0 Å². The molecule has 2 rings (SSSR count). The molecule has 1 unspecified atom stereocenters. The molecule has 14 heavy (non-hydrogen) atoms. The lowest BCUT2D eigenvalue weighted by Gasteiger charge is -2.12. The molecule has 0 spiro atoms. The maximum Gasteiger partial charge on any atom is 0.107 e. The van der Waals surface area contributed by atoms with Crippen molar-refractivity contribution >= 4 is 0 Å². The molecule has 0 saturated carbocycles. The maximum absolute atomic E-state index is 4.19. The van der Waals surface area contributed by atoms with Gasteiger partial charge in [0.25, 0.3) is 0 Å². The van der Waals surface area contributed by atoms with Crippen LogP contribution in [0.1, 0.15) is 17.4 Å². The summed E-state index contributed by atoms with van der Waals surface area (Å²) in [6, 6.07) is 0.250. The van der Waals surface area contributed by atoms with Crippen molar-refractivity contribution in [3.8, 4) is 0 Å². The number of aromatic nitrogens is 4. The van der Waals surface area contributed by atoms with E-state index in [1.54, 1.807) is 6.20 Å². The van der Waals surface area contributed by atoms with Crippen molar-refractivity contribution in [1.82, 2.24) is 25.5 Å². The second-order valence-corrected chi connectivity index (χ2v) is 3.11. The quantitative estimate of drug-likeness (QED) is 0.664. The van der Waals surface area contributed by atoms with Crippen LogP contribution in [-0.4, -0.2) is 27.2 Å². The molecule has 1 atom stereocenters. The summed E-state index contributed by atoms with van der Waals surface area (Å²) in [6.07, 6.45) is 8.14. The fourth-order valence-electron chi connectivity index (χ4n) is 1.44. The van der Waals surface area contributed by atoms with Crippen molar-refractivity contribution in [2.45, 2.75) is 12.5 Å². The van der Waals surface area contributed by atoms with Gasteiger partial charge in [-0.05, 0) is 7.05 Å². The van der Waals surface area contributed by atoms with Crippen LogP contribution in [0.3, 0.4) is 0 Å². The minimum Gasteiger partial charge on any atom is -0.349 e. The van der Waals surface area contributed by atoms with Crippen LogP contribution in [0.2, 0.25) is 0 Å². The molecule has 5 nitrogen and oxygen atoms in total. The van der Waals surface area contributed by atoms with Crippen LogP contribution in [0, 0.1) is 0 Å². The van der Waals surface area contributed by atoms with Crippen molar-refractivity contribution in [2.24, 2.45) is 0 Å². The molecule has 0 aromatic carbocycles. The van der Waals surface area contributed by atoms with E-state index in [1.165, 1.54) is 0 Å². The fourth-order valence-corrected chi connectivity index (χ4v) is 1.44. The first-order chi connectivity index (χ1) is 6.90. The molecule has 0 radical (unpaired) electrons. The number of imidazole rings is 1. The Balaban J connectivity index is 2.08. The summed E-state index contributed by atoms with van der Waals surface area (Å²) in [5.74, 6) is 0.977. The Labute approximate surface area is 82.0 Å². The molecule has 0 saturated heterocycles. The topological polar surface area (TPSA) is 69.4 Å². The predicted molar refractivity (Wildman–Crippen MR) is 52.7 cm³/mol. The molecule has 0 aliphatic heterocycles. The monoisotopic (exact) mass is 191 g/mol. The van der Waals surface area contributed by atoms with E-state index in [9.17, 15) is 0 Å². The summed E-state index contributed by atoms with van der Waals surface area (Å²) in [6.45, 7) is 0. The highest BCUT2D eigenvalue weighted by atomic mass is 15.1. The predicted octanol–water partition coefficient (Wildman–Crippen LogP) is 0.636. The van der Waals surface area contributed by atoms with Gasteiger partial charge in [-0.2, -0.15) is 5.10 Å². The number of nitrogens with zero attached hydrogens (tertiary/aromatic N) is 2. The van der Waals surface area contributed by atoms with Gasteiger partial charge < -0.3 is 10.3 Å². The third-order valence-corrected chi connectivity index (χ3v) is 2.22. The molecule has 2 aromatic heterocycles. The zero-order chi connectivity index (χ0) is 9.80. The van der Waals surface area contributed by atoms with Gasteiger partial charge in [0.2, 0.25) is 0 Å². The Kier molecular flexibility index (Phi) is 2.60. The minimum absolute atomic E-state index is 0.250. The van der Waals surface area contributed by atoms with Crippen molar-refractivity contribution in [1.29, 1.82) is 0 Å². The van der Waals surface area contributed by atoms with E-state index < -0.39 is 0 Å². The van der Waals surface area contributed by atoms with Crippen molar-refractivity contribution in [3.63, 3.8) is 0 Å². The van der Waals surface area contributed by atoms with Crippen molar-refractivity contribution in [3.05, 3.63) is 36.2 Å². The van der Waals surface area contributed by atoms with Gasteiger partial charge in [-0.25, -0.2) is 4.98 Å². The lowest BCUT2D eigenvalue weighted by molar-refractivity contribution is 0.578. The zero-order valence-corrected chi connectivity index (χ0v) is 7.99. The SMILES string of the molecule is CNC(Cc1ncc[nH]1)c1cn[nH]c1. The second kappa shape index (κ2) is 4.06. The maximum atomic E-state index is 4.19. The zero-order valence-electron chi connectivity index (χ0n) is 7.99. The Morgan fingerprint density at radius 1 is 1.57 bits per heavy atom. The van der Waals surface area contributed by atoms with E-state index in [4.69, 9.17) is 0 Å². The lowest BCUT2D eigenvalue weighted by Crippen LogP contribution is -2.18. The fraction of sp³-hybridized carbons (Fsp3) is 0.333. The summed E-state index contributed by atoms with van der Waals surface area (Å²) < 4.78 is 0. The summed E-state index contributed by atoms with van der Waals surface area (Å²) in [5, 5.41) is 9.95. The molecular formula is C9H13N5. The Morgan fingerprint density at radius 2 is 2.50 bits per heavy atom. The molecule has 5 heteroatoms. The van der Waals surface area contributed by atoms with Gasteiger partial charge in [0.15, 0.2) is 0 Å². The lowest BCUT2D eigenvalue weighted by atomic mass is 10.1. The smallest absolute Gasteiger partial charge is 0.107 e. The van der Waals surface area contributed by atoms with Crippen LogP contribution < -0.4 is 5.32 Å². The standard InChI is InChI=1S/C9H13N5/c1-10-8(7-5-13-14-6-7)4-9-11-2-3-12-9/h2-3,5-6,8,10H,4H2,1H3,(H,11,12)(H,13,14). The first-order valence-electron chi connectivity index (χ1n) is 4.54. The molecule has 3 N–H and O–H groups in total. The first kappa shape index (κ1) is 8.96. The highest BCUT2D eigenvalue weighted by molar-refractivity contribution is 5.11.